The normalized spacial score (nSPS) is 18.2. The van der Waals surface area contributed by atoms with Crippen LogP contribution in [0.1, 0.15) is 37.7 Å². The first kappa shape index (κ1) is 35.7. The minimum atomic E-state index is -1.23. The maximum absolute atomic E-state index is 4.83. The van der Waals surface area contributed by atoms with Crippen LogP contribution in [0.4, 0.5) is 0 Å². The molecule has 3 heterocycles. The van der Waals surface area contributed by atoms with Crippen molar-refractivity contribution in [1.29, 1.82) is 0 Å². The Morgan fingerprint density at radius 3 is 2.29 bits per heavy atom. The van der Waals surface area contributed by atoms with Crippen LogP contribution in [0.5, 0.6) is 0 Å². The average Bonchev–Trinajstić information content (AvgIpc) is 3.56. The van der Waals surface area contributed by atoms with E-state index in [1.54, 1.807) is 0 Å². The number of hydrogen-bond acceptors (Lipinski definition) is 3. The summed E-state index contributed by atoms with van der Waals surface area (Å²) in [6.07, 6.45) is 12.5. The summed E-state index contributed by atoms with van der Waals surface area (Å²) in [7, 11) is -1.23. The van der Waals surface area contributed by atoms with E-state index in [2.05, 4.69) is 122 Å². The minimum absolute atomic E-state index is 0. The molecule has 259 valence electrons. The molecular weight excluding hydrogens is 833 g/mol. The molecule has 3 saturated carbocycles. The zero-order chi connectivity index (χ0) is 34.1. The smallest absolute Gasteiger partial charge is 0.0795 e. The van der Waals surface area contributed by atoms with Crippen LogP contribution in [0.25, 0.3) is 53.8 Å². The Morgan fingerprint density at radius 1 is 0.765 bits per heavy atom. The van der Waals surface area contributed by atoms with Gasteiger partial charge in [0.25, 0.3) is 0 Å². The van der Waals surface area contributed by atoms with Gasteiger partial charge >= 0.3 is 0 Å². The number of hydrogen-bond donors (Lipinski definition) is 0. The minimum Gasteiger partial charge on any atom is -0.305 e. The van der Waals surface area contributed by atoms with Crippen molar-refractivity contribution in [3.8, 4) is 33.6 Å². The molecule has 2 nitrogen and oxygen atoms in total. The molecule has 0 amide bonds. The maximum Gasteiger partial charge on any atom is 0.0795 e. The molecule has 51 heavy (non-hydrogen) atoms. The zero-order valence-corrected chi connectivity index (χ0v) is 33.9. The summed E-state index contributed by atoms with van der Waals surface area (Å²) in [5.41, 5.74) is 8.28. The Hall–Kier alpha value is -3.73. The molecule has 0 spiro atoms. The van der Waals surface area contributed by atoms with Gasteiger partial charge in [0.15, 0.2) is 0 Å². The molecule has 3 aromatic heterocycles. The van der Waals surface area contributed by atoms with E-state index in [0.29, 0.717) is 0 Å². The summed E-state index contributed by atoms with van der Waals surface area (Å²) in [6, 6.07) is 45.3. The monoisotopic (exact) mass is 877 g/mol. The third-order valence-electron chi connectivity index (χ3n) is 10.9. The molecule has 1 unspecified atom stereocenters. The number of pyridine rings is 2. The molecule has 3 fully saturated rings. The fourth-order valence-corrected chi connectivity index (χ4v) is 10.5. The Balaban J connectivity index is 0.000000202. The van der Waals surface area contributed by atoms with Crippen LogP contribution in [0.3, 0.4) is 0 Å². The van der Waals surface area contributed by atoms with Crippen molar-refractivity contribution in [2.75, 3.05) is 0 Å². The molecule has 0 saturated heterocycles. The van der Waals surface area contributed by atoms with Gasteiger partial charge in [-0.15, -0.1) is 59.7 Å². The number of benzene rings is 4. The van der Waals surface area contributed by atoms with E-state index in [4.69, 9.17) is 4.98 Å². The van der Waals surface area contributed by atoms with Crippen LogP contribution < -0.4 is 5.19 Å². The van der Waals surface area contributed by atoms with E-state index in [0.717, 1.165) is 40.3 Å². The molecule has 5 heteroatoms. The van der Waals surface area contributed by atoms with Crippen molar-refractivity contribution in [3.05, 3.63) is 139 Å². The maximum atomic E-state index is 4.83. The van der Waals surface area contributed by atoms with Gasteiger partial charge in [-0.25, -0.2) is 0 Å². The molecule has 0 N–H and O–H groups in total. The van der Waals surface area contributed by atoms with Gasteiger partial charge in [-0.05, 0) is 93.4 Å². The average molecular weight is 877 g/mol. The Morgan fingerprint density at radius 2 is 1.59 bits per heavy atom. The van der Waals surface area contributed by atoms with Gasteiger partial charge in [-0.3, -0.25) is 0 Å². The first-order chi connectivity index (χ1) is 24.4. The van der Waals surface area contributed by atoms with Crippen LogP contribution in [0, 0.1) is 29.9 Å². The number of aromatic nitrogens is 2. The quantitative estimate of drug-likeness (QED) is 0.123. The van der Waals surface area contributed by atoms with Crippen molar-refractivity contribution in [1.82, 2.24) is 9.97 Å². The van der Waals surface area contributed by atoms with E-state index in [1.165, 1.54) is 80.6 Å². The van der Waals surface area contributed by atoms with Crippen LogP contribution in [0.15, 0.2) is 122 Å². The number of thiophene rings is 1. The number of nitrogens with zero attached hydrogens (tertiary/aromatic N) is 2. The van der Waals surface area contributed by atoms with Gasteiger partial charge in [0.05, 0.1) is 8.07 Å². The summed E-state index contributed by atoms with van der Waals surface area (Å²) < 4.78 is 2.62. The summed E-state index contributed by atoms with van der Waals surface area (Å²) in [6.45, 7) is 7.00. The molecule has 3 aliphatic rings. The second-order valence-electron chi connectivity index (χ2n) is 15.2. The third-order valence-corrected chi connectivity index (χ3v) is 14.1. The first-order valence-corrected chi connectivity index (χ1v) is 22.5. The molecule has 1 atom stereocenters. The predicted octanol–water partition coefficient (Wildman–Crippen LogP) is 12.0. The molecule has 2 bridgehead atoms. The van der Waals surface area contributed by atoms with Gasteiger partial charge < -0.3 is 9.97 Å². The van der Waals surface area contributed by atoms with Crippen molar-refractivity contribution >= 4 is 44.8 Å². The fraction of sp³-hybridized carbons (Fsp3) is 0.261. The van der Waals surface area contributed by atoms with E-state index < -0.39 is 8.07 Å². The fourth-order valence-electron chi connectivity index (χ4n) is 8.20. The standard InChI is InChI=1S/C32H28NS.C14H16NSi.Ir/c1-2-6-24(7-3-1)26-8-5-11-30-31(26)28-10-4-9-27(32(28)34-30)29-20-22(16-17-33-29)19-25-18-21-12-14-23(25)15-13-21;1-16(2,3)13-9-10-14(15-11-13)12-7-5-4-6-8-12;/h1-8,10-11,16-17,20-21,23,25H,12-15,18-19H2;4-7,9-11H,1-3H3;/q2*-1;. The van der Waals surface area contributed by atoms with Crippen molar-refractivity contribution < 1.29 is 20.1 Å². The third kappa shape index (κ3) is 7.73. The molecular formula is C46H44IrN2SSi-2. The molecule has 10 rings (SSSR count). The summed E-state index contributed by atoms with van der Waals surface area (Å²) >= 11 is 1.87. The molecule has 0 aliphatic heterocycles. The Bertz CT molecular complexity index is 2220. The number of fused-ring (bicyclic) bond motifs is 6. The summed E-state index contributed by atoms with van der Waals surface area (Å²) in [5.74, 6) is 2.78. The van der Waals surface area contributed by atoms with Gasteiger partial charge in [0.2, 0.25) is 0 Å². The summed E-state index contributed by atoms with van der Waals surface area (Å²) in [4.78, 5) is 9.35. The van der Waals surface area contributed by atoms with E-state index >= 15 is 0 Å². The van der Waals surface area contributed by atoms with Gasteiger partial charge in [0.1, 0.15) is 0 Å². The van der Waals surface area contributed by atoms with Crippen molar-refractivity contribution in [2.24, 2.45) is 17.8 Å². The Labute approximate surface area is 321 Å². The molecule has 1 radical (unpaired) electrons. The molecule has 4 aromatic carbocycles. The second kappa shape index (κ2) is 15.5. The van der Waals surface area contributed by atoms with Crippen molar-refractivity contribution in [3.63, 3.8) is 0 Å². The van der Waals surface area contributed by atoms with Crippen molar-refractivity contribution in [2.45, 2.75) is 58.2 Å². The SMILES string of the molecule is C[Si](C)(C)c1ccc(-c2[c-]cccc2)nc1.[Ir].[c-]1ccc2c(sc3cccc(-c4ccccc4)c32)c1-c1cc(CC2CC3CCC2CC3)ccn1. The topological polar surface area (TPSA) is 25.8 Å². The molecule has 3 aliphatic carbocycles. The zero-order valence-electron chi connectivity index (χ0n) is 29.7. The Kier molecular flexibility index (Phi) is 10.8. The van der Waals surface area contributed by atoms with Gasteiger partial charge in [-0.1, -0.05) is 104 Å². The van der Waals surface area contributed by atoms with Gasteiger partial charge in [0, 0.05) is 37.2 Å². The van der Waals surface area contributed by atoms with E-state index in [-0.39, 0.29) is 20.1 Å². The molecule has 7 aromatic rings. The summed E-state index contributed by atoms with van der Waals surface area (Å²) in [5, 5.41) is 4.05. The van der Waals surface area contributed by atoms with Crippen LogP contribution >= 0.6 is 11.3 Å². The van der Waals surface area contributed by atoms with Crippen LogP contribution in [-0.4, -0.2) is 18.0 Å². The first-order valence-electron chi connectivity index (χ1n) is 18.2. The predicted molar refractivity (Wildman–Crippen MR) is 216 cm³/mol. The largest absolute Gasteiger partial charge is 0.305 e. The second-order valence-corrected chi connectivity index (χ2v) is 21.4. The van der Waals surface area contributed by atoms with E-state index in [9.17, 15) is 0 Å². The van der Waals surface area contributed by atoms with E-state index in [1.807, 2.05) is 48.0 Å². The number of rotatable bonds is 6. The van der Waals surface area contributed by atoms with Gasteiger partial charge in [-0.2, -0.15) is 11.3 Å². The van der Waals surface area contributed by atoms with Crippen LogP contribution in [-0.2, 0) is 26.5 Å². The van der Waals surface area contributed by atoms with Crippen LogP contribution in [0.2, 0.25) is 19.6 Å².